The third-order valence-corrected chi connectivity index (χ3v) is 7.68. The van der Waals surface area contributed by atoms with Crippen LogP contribution in [0.1, 0.15) is 17.5 Å². The van der Waals surface area contributed by atoms with E-state index in [0.29, 0.717) is 16.3 Å². The van der Waals surface area contributed by atoms with Crippen LogP contribution < -0.4 is 5.32 Å². The quantitative estimate of drug-likeness (QED) is 0.415. The van der Waals surface area contributed by atoms with Crippen LogP contribution in [0.4, 0.5) is 23.7 Å². The van der Waals surface area contributed by atoms with Crippen molar-refractivity contribution in [3.05, 3.63) is 95.0 Å². The van der Waals surface area contributed by atoms with Gasteiger partial charge in [-0.1, -0.05) is 48.0 Å². The molecule has 0 aliphatic carbocycles. The highest BCUT2D eigenvalue weighted by Crippen LogP contribution is 2.31. The normalized spacial score (nSPS) is 16.1. The van der Waals surface area contributed by atoms with E-state index in [0.717, 1.165) is 17.1 Å². The Morgan fingerprint density at radius 3 is 2.39 bits per heavy atom. The van der Waals surface area contributed by atoms with Gasteiger partial charge in [0.2, 0.25) is 0 Å². The molecule has 0 saturated heterocycles. The van der Waals surface area contributed by atoms with Crippen LogP contribution in [0.25, 0.3) is 0 Å². The molecule has 0 bridgehead atoms. The predicted molar refractivity (Wildman–Crippen MR) is 132 cm³/mol. The van der Waals surface area contributed by atoms with Gasteiger partial charge in [0.05, 0.1) is 28.5 Å². The summed E-state index contributed by atoms with van der Waals surface area (Å²) in [6, 6.07) is 18.3. The Bertz CT molecular complexity index is 1380. The number of urea groups is 1. The zero-order valence-corrected chi connectivity index (χ0v) is 20.3. The summed E-state index contributed by atoms with van der Waals surface area (Å²) in [5.74, 6) is -0.589. The van der Waals surface area contributed by atoms with Gasteiger partial charge in [0.15, 0.2) is 9.84 Å². The smallest absolute Gasteiger partial charge is 0.306 e. The Morgan fingerprint density at radius 2 is 1.72 bits per heavy atom. The van der Waals surface area contributed by atoms with Gasteiger partial charge in [-0.2, -0.15) is 18.3 Å². The molecule has 1 atom stereocenters. The van der Waals surface area contributed by atoms with Crippen LogP contribution >= 0.6 is 11.6 Å². The molecule has 3 aromatic rings. The minimum atomic E-state index is -4.55. The number of nitrogens with zero attached hydrogens (tertiary/aromatic N) is 2. The summed E-state index contributed by atoms with van der Waals surface area (Å²) in [6.07, 6.45) is -4.37. The lowest BCUT2D eigenvalue weighted by Crippen LogP contribution is -2.31. The Labute approximate surface area is 211 Å². The maximum atomic E-state index is 13.0. The molecule has 1 aliphatic rings. The minimum absolute atomic E-state index is 0.0341. The molecule has 1 unspecified atom stereocenters. The van der Waals surface area contributed by atoms with Crippen molar-refractivity contribution in [2.45, 2.75) is 17.5 Å². The molecule has 6 nitrogen and oxygen atoms in total. The van der Waals surface area contributed by atoms with Crippen molar-refractivity contribution in [1.82, 2.24) is 5.01 Å². The van der Waals surface area contributed by atoms with Gasteiger partial charge in [0.25, 0.3) is 0 Å². The van der Waals surface area contributed by atoms with Gasteiger partial charge < -0.3 is 5.32 Å². The predicted octanol–water partition coefficient (Wildman–Crippen LogP) is 6.09. The second-order valence-electron chi connectivity index (χ2n) is 8.20. The van der Waals surface area contributed by atoms with Gasteiger partial charge in [-0.25, -0.2) is 18.2 Å². The van der Waals surface area contributed by atoms with Crippen molar-refractivity contribution in [2.75, 3.05) is 17.6 Å². The third kappa shape index (κ3) is 6.06. The van der Waals surface area contributed by atoms with Crippen LogP contribution in [0.5, 0.6) is 0 Å². The van der Waals surface area contributed by atoms with Crippen molar-refractivity contribution >= 4 is 38.9 Å². The number of anilines is 1. The van der Waals surface area contributed by atoms with E-state index in [1.165, 1.54) is 24.3 Å². The van der Waals surface area contributed by atoms with E-state index in [9.17, 15) is 26.4 Å². The van der Waals surface area contributed by atoms with Crippen LogP contribution in [-0.2, 0) is 16.0 Å². The lowest BCUT2D eigenvalue weighted by molar-refractivity contribution is -0.137. The van der Waals surface area contributed by atoms with E-state index in [4.69, 9.17) is 11.6 Å². The van der Waals surface area contributed by atoms with Crippen molar-refractivity contribution in [3.63, 3.8) is 0 Å². The van der Waals surface area contributed by atoms with Crippen LogP contribution in [-0.4, -0.2) is 37.5 Å². The van der Waals surface area contributed by atoms with E-state index in [1.807, 2.05) is 0 Å². The second-order valence-corrected chi connectivity index (χ2v) is 10.7. The van der Waals surface area contributed by atoms with Crippen molar-refractivity contribution in [1.29, 1.82) is 0 Å². The molecular weight excluding hydrogens is 515 g/mol. The average Bonchev–Trinajstić information content (AvgIpc) is 3.28. The van der Waals surface area contributed by atoms with Crippen LogP contribution in [0.15, 0.2) is 88.9 Å². The first-order valence-corrected chi connectivity index (χ1v) is 12.9. The number of carbonyl (C=O) groups excluding carboxylic acids is 1. The second kappa shape index (κ2) is 10.3. The Hall–Kier alpha value is -3.37. The number of alkyl halides is 3. The third-order valence-electron chi connectivity index (χ3n) is 5.66. The summed E-state index contributed by atoms with van der Waals surface area (Å²) in [4.78, 5) is 13.1. The summed E-state index contributed by atoms with van der Waals surface area (Å²) in [6.45, 7) is 0.0626. The molecule has 0 saturated carbocycles. The van der Waals surface area contributed by atoms with Gasteiger partial charge in [0.1, 0.15) is 0 Å². The highest BCUT2D eigenvalue weighted by atomic mass is 35.5. The maximum absolute atomic E-state index is 13.0. The van der Waals surface area contributed by atoms with Gasteiger partial charge >= 0.3 is 12.2 Å². The van der Waals surface area contributed by atoms with E-state index in [1.54, 1.807) is 42.5 Å². The molecule has 1 aliphatic heterocycles. The molecule has 36 heavy (non-hydrogen) atoms. The van der Waals surface area contributed by atoms with Gasteiger partial charge in [0, 0.05) is 16.6 Å². The molecule has 0 aromatic heterocycles. The lowest BCUT2D eigenvalue weighted by Gasteiger charge is -2.16. The summed E-state index contributed by atoms with van der Waals surface area (Å²) >= 11 is 5.98. The summed E-state index contributed by atoms with van der Waals surface area (Å²) in [5.41, 5.74) is 0.231. The monoisotopic (exact) mass is 535 g/mol. The first kappa shape index (κ1) is 25.7. The molecule has 0 radical (unpaired) electrons. The topological polar surface area (TPSA) is 78.8 Å². The number of amides is 2. The van der Waals surface area contributed by atoms with Crippen molar-refractivity contribution in [3.8, 4) is 0 Å². The Balaban J connectivity index is 1.54. The molecule has 0 fully saturated rings. The van der Waals surface area contributed by atoms with E-state index >= 15 is 0 Å². The zero-order valence-electron chi connectivity index (χ0n) is 18.7. The zero-order chi connectivity index (χ0) is 25.9. The van der Waals surface area contributed by atoms with Crippen LogP contribution in [0, 0.1) is 5.92 Å². The molecular formula is C25H21ClF3N3O3S. The number of benzene rings is 3. The van der Waals surface area contributed by atoms with Crippen LogP contribution in [0.3, 0.4) is 0 Å². The van der Waals surface area contributed by atoms with E-state index < -0.39 is 33.5 Å². The first-order valence-electron chi connectivity index (χ1n) is 10.9. The number of hydrogen-bond acceptors (Lipinski definition) is 4. The molecule has 1 heterocycles. The summed E-state index contributed by atoms with van der Waals surface area (Å²) < 4.78 is 64.7. The highest BCUT2D eigenvalue weighted by molar-refractivity contribution is 7.91. The highest BCUT2D eigenvalue weighted by Gasteiger charge is 2.33. The minimum Gasteiger partial charge on any atom is -0.306 e. The molecule has 4 rings (SSSR count). The molecule has 11 heteroatoms. The number of carbonyl (C=O) groups is 1. The fourth-order valence-electron chi connectivity index (χ4n) is 3.82. The SMILES string of the molecule is O=C(Nc1cccc(C(F)(F)F)c1)N1CC(CCS(=O)(=O)c2ccccc2)C(c2ccc(Cl)cc2)=N1. The van der Waals surface area contributed by atoms with Gasteiger partial charge in [-0.05, 0) is 54.4 Å². The number of hydrogen-bond donors (Lipinski definition) is 1. The van der Waals surface area contributed by atoms with Crippen molar-refractivity contribution in [2.24, 2.45) is 11.0 Å². The molecule has 188 valence electrons. The standard InChI is InChI=1S/C25H21ClF3N3O3S/c26-20-11-9-17(10-12-20)23-18(13-14-36(34,35)22-7-2-1-3-8-22)16-32(31-23)24(33)30-21-6-4-5-19(15-21)25(27,28)29/h1-12,15,18H,13-14,16H2,(H,30,33). The molecule has 1 N–H and O–H groups in total. The molecule has 3 aromatic carbocycles. The van der Waals surface area contributed by atoms with Gasteiger partial charge in [-0.3, -0.25) is 0 Å². The Kier molecular flexibility index (Phi) is 7.37. The number of halogens is 4. The van der Waals surface area contributed by atoms with Crippen LogP contribution in [0.2, 0.25) is 5.02 Å². The maximum Gasteiger partial charge on any atom is 0.416 e. The van der Waals surface area contributed by atoms with E-state index in [2.05, 4.69) is 10.4 Å². The lowest BCUT2D eigenvalue weighted by atomic mass is 9.95. The average molecular weight is 536 g/mol. The van der Waals surface area contributed by atoms with Crippen molar-refractivity contribution < 1.29 is 26.4 Å². The number of rotatable bonds is 6. The molecule has 0 spiro atoms. The summed E-state index contributed by atoms with van der Waals surface area (Å²) in [7, 11) is -3.57. The largest absolute Gasteiger partial charge is 0.416 e. The van der Waals surface area contributed by atoms with Gasteiger partial charge in [-0.15, -0.1) is 0 Å². The first-order chi connectivity index (χ1) is 17.0. The number of nitrogens with one attached hydrogen (secondary N) is 1. The number of hydrazone groups is 1. The number of sulfone groups is 1. The molecule has 2 amide bonds. The fraction of sp³-hybridized carbons (Fsp3) is 0.200. The summed E-state index contributed by atoms with van der Waals surface area (Å²) in [5, 5.41) is 8.43. The Morgan fingerprint density at radius 1 is 1.03 bits per heavy atom. The fourth-order valence-corrected chi connectivity index (χ4v) is 5.35. The van der Waals surface area contributed by atoms with E-state index in [-0.39, 0.29) is 29.3 Å².